The maximum absolute atomic E-state index is 12.6. The third kappa shape index (κ3) is 5.90. The molecule has 0 heterocycles. The Balaban J connectivity index is 2.35. The van der Waals surface area contributed by atoms with E-state index in [-0.39, 0.29) is 17.7 Å². The molecular formula is C22H21NO8. The van der Waals surface area contributed by atoms with Gasteiger partial charge in [-0.25, -0.2) is 4.79 Å². The summed E-state index contributed by atoms with van der Waals surface area (Å²) < 4.78 is 20.5. The predicted molar refractivity (Wildman–Crippen MR) is 108 cm³/mol. The summed E-state index contributed by atoms with van der Waals surface area (Å²) in [6.45, 7) is 0. The van der Waals surface area contributed by atoms with Crippen LogP contribution < -0.4 is 9.47 Å². The van der Waals surface area contributed by atoms with E-state index in [9.17, 15) is 25.1 Å². The van der Waals surface area contributed by atoms with Crippen LogP contribution in [0.15, 0.2) is 42.0 Å². The van der Waals surface area contributed by atoms with Gasteiger partial charge >= 0.3 is 11.9 Å². The predicted octanol–water partition coefficient (Wildman–Crippen LogP) is 2.87. The highest BCUT2D eigenvalue weighted by Gasteiger charge is 2.24. The molecule has 9 nitrogen and oxygen atoms in total. The van der Waals surface area contributed by atoms with Crippen molar-refractivity contribution in [1.29, 1.82) is 5.26 Å². The quantitative estimate of drug-likeness (QED) is 0.282. The minimum absolute atomic E-state index is 0.291. The highest BCUT2D eigenvalue weighted by Crippen LogP contribution is 2.33. The molecule has 0 saturated carbocycles. The molecule has 1 atom stereocenters. The molecule has 162 valence electrons. The fourth-order valence-electron chi connectivity index (χ4n) is 2.64. The molecule has 0 aromatic heterocycles. The number of phenolic OH excluding ortho intramolecular Hbond substituents is 2. The van der Waals surface area contributed by atoms with Gasteiger partial charge < -0.3 is 29.2 Å². The number of nitriles is 1. The maximum atomic E-state index is 12.6. The highest BCUT2D eigenvalue weighted by atomic mass is 16.6. The van der Waals surface area contributed by atoms with Crippen molar-refractivity contribution in [2.45, 2.75) is 12.5 Å². The van der Waals surface area contributed by atoms with Crippen LogP contribution in [-0.2, 0) is 19.1 Å². The van der Waals surface area contributed by atoms with Crippen molar-refractivity contribution in [2.24, 2.45) is 0 Å². The van der Waals surface area contributed by atoms with Crippen LogP contribution in [0.4, 0.5) is 0 Å². The van der Waals surface area contributed by atoms with E-state index in [2.05, 4.69) is 4.74 Å². The summed E-state index contributed by atoms with van der Waals surface area (Å²) in [6.07, 6.45) is -0.174. The van der Waals surface area contributed by atoms with Gasteiger partial charge in [-0.05, 0) is 41.5 Å². The third-order valence-corrected chi connectivity index (χ3v) is 4.26. The number of phenols is 2. The first-order valence-electron chi connectivity index (χ1n) is 8.96. The number of aromatic hydroxyl groups is 2. The Bertz CT molecular complexity index is 1040. The molecule has 9 heteroatoms. The molecule has 0 radical (unpaired) electrons. The molecule has 0 bridgehead atoms. The molecule has 2 rings (SSSR count). The number of hydrogen-bond acceptors (Lipinski definition) is 9. The molecule has 1 unspecified atom stereocenters. The topological polar surface area (TPSA) is 135 Å². The first-order chi connectivity index (χ1) is 14.8. The zero-order valence-electron chi connectivity index (χ0n) is 17.1. The standard InChI is InChI=1S/C22H21NO8/c1-28-18-7-5-14(10-20(18)29-2)19(11-21(26)30-3)31-22(27)15(12-23)8-13-4-6-16(24)17(25)9-13/h4-10,19,24-25H,11H2,1-3H3/b15-8+. The van der Waals surface area contributed by atoms with Crippen molar-refractivity contribution in [1.82, 2.24) is 0 Å². The van der Waals surface area contributed by atoms with Gasteiger partial charge in [0, 0.05) is 0 Å². The first-order valence-corrected chi connectivity index (χ1v) is 8.96. The van der Waals surface area contributed by atoms with E-state index in [1.807, 2.05) is 0 Å². The van der Waals surface area contributed by atoms with Gasteiger partial charge in [0.05, 0.1) is 27.8 Å². The molecule has 0 aliphatic carbocycles. The van der Waals surface area contributed by atoms with Gasteiger partial charge in [0.2, 0.25) is 0 Å². The largest absolute Gasteiger partial charge is 0.504 e. The van der Waals surface area contributed by atoms with E-state index in [4.69, 9.17) is 14.2 Å². The van der Waals surface area contributed by atoms with Gasteiger partial charge in [0.1, 0.15) is 17.7 Å². The fraction of sp³-hybridized carbons (Fsp3) is 0.227. The minimum atomic E-state index is -1.07. The number of benzene rings is 2. The number of carbonyl (C=O) groups is 2. The number of nitrogens with zero attached hydrogens (tertiary/aromatic N) is 1. The van der Waals surface area contributed by atoms with Crippen LogP contribution in [-0.4, -0.2) is 43.5 Å². The average Bonchev–Trinajstić information content (AvgIpc) is 2.78. The van der Waals surface area contributed by atoms with Crippen LogP contribution in [0.2, 0.25) is 0 Å². The molecule has 0 fully saturated rings. The second-order valence-electron chi connectivity index (χ2n) is 6.21. The van der Waals surface area contributed by atoms with Crippen LogP contribution >= 0.6 is 0 Å². The molecule has 2 aromatic carbocycles. The normalized spacial score (nSPS) is 11.7. The molecule has 2 N–H and O–H groups in total. The van der Waals surface area contributed by atoms with Gasteiger partial charge in [-0.15, -0.1) is 0 Å². The van der Waals surface area contributed by atoms with Crippen molar-refractivity contribution >= 4 is 18.0 Å². The summed E-state index contributed by atoms with van der Waals surface area (Å²) in [5.74, 6) is -1.56. The summed E-state index contributed by atoms with van der Waals surface area (Å²) >= 11 is 0. The molecule has 0 saturated heterocycles. The Labute approximate surface area is 178 Å². The van der Waals surface area contributed by atoms with Gasteiger partial charge in [0.25, 0.3) is 0 Å². The van der Waals surface area contributed by atoms with Crippen LogP contribution in [0, 0.1) is 11.3 Å². The zero-order valence-corrected chi connectivity index (χ0v) is 17.1. The first kappa shape index (κ1) is 23.1. The van der Waals surface area contributed by atoms with E-state index < -0.39 is 23.8 Å². The Morgan fingerprint density at radius 3 is 2.32 bits per heavy atom. The highest BCUT2D eigenvalue weighted by molar-refractivity contribution is 5.98. The second-order valence-corrected chi connectivity index (χ2v) is 6.21. The summed E-state index contributed by atoms with van der Waals surface area (Å²) in [5.41, 5.74) is 0.343. The monoisotopic (exact) mass is 427 g/mol. The number of rotatable bonds is 8. The molecule has 0 spiro atoms. The molecule has 0 aliphatic rings. The summed E-state index contributed by atoms with van der Waals surface area (Å²) in [7, 11) is 4.11. The number of hydrogen-bond donors (Lipinski definition) is 2. The van der Waals surface area contributed by atoms with Crippen molar-refractivity contribution in [3.63, 3.8) is 0 Å². The Kier molecular flexibility index (Phi) is 7.86. The average molecular weight is 427 g/mol. The third-order valence-electron chi connectivity index (χ3n) is 4.26. The lowest BCUT2D eigenvalue weighted by atomic mass is 10.1. The number of ether oxygens (including phenoxy) is 4. The van der Waals surface area contributed by atoms with E-state index in [0.29, 0.717) is 22.6 Å². The lowest BCUT2D eigenvalue weighted by molar-refractivity contribution is -0.151. The second kappa shape index (κ2) is 10.5. The maximum Gasteiger partial charge on any atom is 0.349 e. The van der Waals surface area contributed by atoms with E-state index >= 15 is 0 Å². The number of esters is 2. The number of methoxy groups -OCH3 is 3. The minimum Gasteiger partial charge on any atom is -0.504 e. The van der Waals surface area contributed by atoms with Crippen LogP contribution in [0.1, 0.15) is 23.7 Å². The van der Waals surface area contributed by atoms with Gasteiger partial charge in [-0.3, -0.25) is 4.79 Å². The van der Waals surface area contributed by atoms with Crippen molar-refractivity contribution in [2.75, 3.05) is 21.3 Å². The summed E-state index contributed by atoms with van der Waals surface area (Å²) in [5, 5.41) is 28.4. The number of carbonyl (C=O) groups excluding carboxylic acids is 2. The molecule has 0 amide bonds. The van der Waals surface area contributed by atoms with Crippen LogP contribution in [0.25, 0.3) is 6.08 Å². The van der Waals surface area contributed by atoms with E-state index in [0.717, 1.165) is 0 Å². The van der Waals surface area contributed by atoms with Crippen molar-refractivity contribution in [3.8, 4) is 29.1 Å². The molecule has 31 heavy (non-hydrogen) atoms. The fourth-order valence-corrected chi connectivity index (χ4v) is 2.64. The van der Waals surface area contributed by atoms with Crippen LogP contribution in [0.5, 0.6) is 23.0 Å². The van der Waals surface area contributed by atoms with E-state index in [1.165, 1.54) is 45.6 Å². The van der Waals surface area contributed by atoms with Gasteiger partial charge in [-0.2, -0.15) is 5.26 Å². The SMILES string of the molecule is COC(=O)CC(OC(=O)/C(C#N)=C/c1ccc(O)c(O)c1)c1ccc(OC)c(OC)c1. The molecule has 2 aromatic rings. The van der Waals surface area contributed by atoms with Gasteiger partial charge in [-0.1, -0.05) is 12.1 Å². The molecular weight excluding hydrogens is 406 g/mol. The Hall–Kier alpha value is -4.19. The Morgan fingerprint density at radius 1 is 1.03 bits per heavy atom. The molecule has 0 aliphatic heterocycles. The van der Waals surface area contributed by atoms with E-state index in [1.54, 1.807) is 24.3 Å². The van der Waals surface area contributed by atoms with Crippen molar-refractivity contribution in [3.05, 3.63) is 53.1 Å². The lowest BCUT2D eigenvalue weighted by Crippen LogP contribution is -2.17. The summed E-state index contributed by atoms with van der Waals surface area (Å²) in [6, 6.07) is 10.3. The smallest absolute Gasteiger partial charge is 0.349 e. The van der Waals surface area contributed by atoms with Crippen LogP contribution in [0.3, 0.4) is 0 Å². The zero-order chi connectivity index (χ0) is 23.0. The van der Waals surface area contributed by atoms with Gasteiger partial charge in [0.15, 0.2) is 23.0 Å². The summed E-state index contributed by atoms with van der Waals surface area (Å²) in [4.78, 5) is 24.5. The van der Waals surface area contributed by atoms with Crippen molar-refractivity contribution < 1.29 is 38.7 Å². The Morgan fingerprint density at radius 2 is 1.74 bits per heavy atom. The lowest BCUT2D eigenvalue weighted by Gasteiger charge is -2.18.